The van der Waals surface area contributed by atoms with E-state index in [0.717, 1.165) is 44.3 Å². The van der Waals surface area contributed by atoms with Crippen LogP contribution in [0.1, 0.15) is 18.5 Å². The molecule has 6 nitrogen and oxygen atoms in total. The summed E-state index contributed by atoms with van der Waals surface area (Å²) in [5, 5.41) is 6.59. The largest absolute Gasteiger partial charge is 0.381 e. The summed E-state index contributed by atoms with van der Waals surface area (Å²) in [4.78, 5) is 8.51. The molecule has 0 radical (unpaired) electrons. The molecule has 1 aromatic heterocycles. The molecule has 1 aliphatic rings. The van der Waals surface area contributed by atoms with Crippen molar-refractivity contribution in [2.75, 3.05) is 33.9 Å². The van der Waals surface area contributed by atoms with E-state index in [9.17, 15) is 0 Å². The minimum atomic E-state index is -0.166. The first-order chi connectivity index (χ1) is 10.3. The smallest absolute Gasteiger partial charge is 0.191 e. The maximum atomic E-state index is 5.70. The number of hydrogen-bond donors (Lipinski definition) is 2. The number of ether oxygens (including phenoxy) is 2. The molecular formula is C15H24N4O2. The first-order valence-electron chi connectivity index (χ1n) is 7.25. The van der Waals surface area contributed by atoms with Crippen molar-refractivity contribution in [3.8, 4) is 0 Å². The molecule has 1 aliphatic heterocycles. The zero-order valence-corrected chi connectivity index (χ0v) is 12.8. The van der Waals surface area contributed by atoms with Gasteiger partial charge in [0, 0.05) is 53.0 Å². The Morgan fingerprint density at radius 3 is 2.81 bits per heavy atom. The lowest BCUT2D eigenvalue weighted by atomic mass is 9.94. The molecule has 1 saturated heterocycles. The number of nitrogens with one attached hydrogen (secondary N) is 2. The summed E-state index contributed by atoms with van der Waals surface area (Å²) in [6.07, 6.45) is 3.58. The van der Waals surface area contributed by atoms with Gasteiger partial charge in [-0.15, -0.1) is 0 Å². The maximum Gasteiger partial charge on any atom is 0.191 e. The number of aliphatic imine (C=N–C) groups is 1. The number of pyridine rings is 1. The van der Waals surface area contributed by atoms with Crippen molar-refractivity contribution in [1.29, 1.82) is 0 Å². The minimum Gasteiger partial charge on any atom is -0.381 e. The van der Waals surface area contributed by atoms with E-state index in [1.165, 1.54) is 0 Å². The highest BCUT2D eigenvalue weighted by atomic mass is 16.5. The lowest BCUT2D eigenvalue weighted by Gasteiger charge is -2.36. The summed E-state index contributed by atoms with van der Waals surface area (Å²) in [6, 6.07) is 5.86. The third kappa shape index (κ3) is 4.68. The SMILES string of the molecule is CN=C(NCc1ccccn1)NCC1(OC)CCOCC1. The van der Waals surface area contributed by atoms with Crippen LogP contribution in [0.5, 0.6) is 0 Å². The molecule has 0 amide bonds. The Balaban J connectivity index is 1.82. The van der Waals surface area contributed by atoms with E-state index in [2.05, 4.69) is 20.6 Å². The van der Waals surface area contributed by atoms with Gasteiger partial charge in [0.1, 0.15) is 0 Å². The van der Waals surface area contributed by atoms with E-state index in [4.69, 9.17) is 9.47 Å². The summed E-state index contributed by atoms with van der Waals surface area (Å²) in [6.45, 7) is 2.85. The van der Waals surface area contributed by atoms with E-state index in [1.807, 2.05) is 18.2 Å². The Morgan fingerprint density at radius 2 is 2.19 bits per heavy atom. The maximum absolute atomic E-state index is 5.70. The van der Waals surface area contributed by atoms with Crippen LogP contribution in [-0.2, 0) is 16.0 Å². The van der Waals surface area contributed by atoms with Gasteiger partial charge in [-0.3, -0.25) is 9.98 Å². The van der Waals surface area contributed by atoms with E-state index in [1.54, 1.807) is 20.4 Å². The van der Waals surface area contributed by atoms with Crippen LogP contribution < -0.4 is 10.6 Å². The third-order valence-corrected chi connectivity index (χ3v) is 3.80. The van der Waals surface area contributed by atoms with Crippen LogP contribution in [0.4, 0.5) is 0 Å². The number of hydrogen-bond acceptors (Lipinski definition) is 4. The van der Waals surface area contributed by atoms with E-state index in [0.29, 0.717) is 6.54 Å². The average molecular weight is 292 g/mol. The van der Waals surface area contributed by atoms with Gasteiger partial charge >= 0.3 is 0 Å². The van der Waals surface area contributed by atoms with Crippen LogP contribution in [0.15, 0.2) is 29.4 Å². The lowest BCUT2D eigenvalue weighted by molar-refractivity contribution is -0.0855. The number of nitrogens with zero attached hydrogens (tertiary/aromatic N) is 2. The van der Waals surface area contributed by atoms with Crippen molar-refractivity contribution in [2.45, 2.75) is 25.0 Å². The Hall–Kier alpha value is -1.66. The first kappa shape index (κ1) is 15.7. The van der Waals surface area contributed by atoms with Gasteiger partial charge in [0.15, 0.2) is 5.96 Å². The molecule has 0 spiro atoms. The highest BCUT2D eigenvalue weighted by Gasteiger charge is 2.32. The molecule has 2 heterocycles. The highest BCUT2D eigenvalue weighted by molar-refractivity contribution is 5.79. The van der Waals surface area contributed by atoms with E-state index >= 15 is 0 Å². The molecule has 116 valence electrons. The van der Waals surface area contributed by atoms with Gasteiger partial charge in [-0.25, -0.2) is 0 Å². The molecule has 0 aromatic carbocycles. The van der Waals surface area contributed by atoms with Crippen molar-refractivity contribution < 1.29 is 9.47 Å². The topological polar surface area (TPSA) is 67.8 Å². The fourth-order valence-electron chi connectivity index (χ4n) is 2.34. The normalized spacial score (nSPS) is 18.3. The Kier molecular flexibility index (Phi) is 5.95. The predicted octanol–water partition coefficient (Wildman–Crippen LogP) is 0.942. The molecule has 1 fully saturated rings. The summed E-state index contributed by atoms with van der Waals surface area (Å²) >= 11 is 0. The number of methoxy groups -OCH3 is 1. The van der Waals surface area contributed by atoms with Gasteiger partial charge in [0.25, 0.3) is 0 Å². The van der Waals surface area contributed by atoms with Crippen molar-refractivity contribution in [3.05, 3.63) is 30.1 Å². The number of rotatable bonds is 5. The second-order valence-electron chi connectivity index (χ2n) is 5.10. The van der Waals surface area contributed by atoms with Gasteiger partial charge in [0.2, 0.25) is 0 Å². The Bertz CT molecular complexity index is 444. The van der Waals surface area contributed by atoms with Crippen molar-refractivity contribution in [2.24, 2.45) is 4.99 Å². The second-order valence-corrected chi connectivity index (χ2v) is 5.10. The Morgan fingerprint density at radius 1 is 1.38 bits per heavy atom. The highest BCUT2D eigenvalue weighted by Crippen LogP contribution is 2.23. The fourth-order valence-corrected chi connectivity index (χ4v) is 2.34. The standard InChI is InChI=1S/C15H24N4O2/c1-16-14(18-11-13-5-3-4-8-17-13)19-12-15(20-2)6-9-21-10-7-15/h3-5,8H,6-7,9-12H2,1-2H3,(H2,16,18,19). The van der Waals surface area contributed by atoms with Crippen LogP contribution in [0.2, 0.25) is 0 Å². The molecular weight excluding hydrogens is 268 g/mol. The van der Waals surface area contributed by atoms with Gasteiger partial charge < -0.3 is 20.1 Å². The lowest BCUT2D eigenvalue weighted by Crippen LogP contribution is -2.50. The van der Waals surface area contributed by atoms with Crippen LogP contribution in [-0.4, -0.2) is 50.5 Å². The Labute approximate surface area is 126 Å². The van der Waals surface area contributed by atoms with Crippen LogP contribution >= 0.6 is 0 Å². The third-order valence-electron chi connectivity index (χ3n) is 3.80. The summed E-state index contributed by atoms with van der Waals surface area (Å²) in [7, 11) is 3.52. The molecule has 0 bridgehead atoms. The molecule has 0 aliphatic carbocycles. The van der Waals surface area contributed by atoms with Gasteiger partial charge in [-0.05, 0) is 12.1 Å². The monoisotopic (exact) mass is 292 g/mol. The van der Waals surface area contributed by atoms with Crippen molar-refractivity contribution in [3.63, 3.8) is 0 Å². The van der Waals surface area contributed by atoms with Gasteiger partial charge in [-0.1, -0.05) is 6.07 Å². The van der Waals surface area contributed by atoms with Crippen LogP contribution in [0.25, 0.3) is 0 Å². The minimum absolute atomic E-state index is 0.166. The van der Waals surface area contributed by atoms with Crippen LogP contribution in [0, 0.1) is 0 Å². The quantitative estimate of drug-likeness (QED) is 0.624. The molecule has 0 saturated carbocycles. The molecule has 2 rings (SSSR count). The summed E-state index contributed by atoms with van der Waals surface area (Å²) in [5.74, 6) is 0.753. The molecule has 6 heteroatoms. The molecule has 0 atom stereocenters. The molecule has 1 aromatic rings. The van der Waals surface area contributed by atoms with Crippen LogP contribution in [0.3, 0.4) is 0 Å². The van der Waals surface area contributed by atoms with E-state index < -0.39 is 0 Å². The van der Waals surface area contributed by atoms with Crippen molar-refractivity contribution in [1.82, 2.24) is 15.6 Å². The van der Waals surface area contributed by atoms with Gasteiger partial charge in [0.05, 0.1) is 17.8 Å². The average Bonchev–Trinajstić information content (AvgIpc) is 2.57. The second kappa shape index (κ2) is 7.95. The predicted molar refractivity (Wildman–Crippen MR) is 82.2 cm³/mol. The zero-order valence-electron chi connectivity index (χ0n) is 12.8. The summed E-state index contributed by atoms with van der Waals surface area (Å²) < 4.78 is 11.1. The summed E-state index contributed by atoms with van der Waals surface area (Å²) in [5.41, 5.74) is 0.814. The molecule has 0 unspecified atom stereocenters. The number of aromatic nitrogens is 1. The fraction of sp³-hybridized carbons (Fsp3) is 0.600. The molecule has 21 heavy (non-hydrogen) atoms. The van der Waals surface area contributed by atoms with Gasteiger partial charge in [-0.2, -0.15) is 0 Å². The van der Waals surface area contributed by atoms with Crippen molar-refractivity contribution >= 4 is 5.96 Å². The number of guanidine groups is 1. The van der Waals surface area contributed by atoms with E-state index in [-0.39, 0.29) is 5.60 Å². The molecule has 2 N–H and O–H groups in total. The first-order valence-corrected chi connectivity index (χ1v) is 7.25. The zero-order chi connectivity index (χ0) is 15.0.